The van der Waals surface area contributed by atoms with E-state index < -0.39 is 17.8 Å². The van der Waals surface area contributed by atoms with Crippen molar-refractivity contribution in [1.29, 1.82) is 0 Å². The maximum Gasteiger partial charge on any atom is 0.315 e. The fourth-order valence-electron chi connectivity index (χ4n) is 4.82. The van der Waals surface area contributed by atoms with E-state index in [2.05, 4.69) is 0 Å². The van der Waals surface area contributed by atoms with E-state index in [1.165, 1.54) is 13.2 Å². The number of halogens is 1. The molecule has 33 heavy (non-hydrogen) atoms. The quantitative estimate of drug-likeness (QED) is 0.611. The van der Waals surface area contributed by atoms with Crippen LogP contribution in [0.1, 0.15) is 49.7 Å². The molecule has 1 unspecified atom stereocenters. The molecule has 0 saturated carbocycles. The molecule has 1 aliphatic carbocycles. The number of rotatable bonds is 5. The number of carbonyl (C=O) groups is 2. The van der Waals surface area contributed by atoms with Crippen molar-refractivity contribution in [3.63, 3.8) is 0 Å². The molecule has 7 heteroatoms. The van der Waals surface area contributed by atoms with Gasteiger partial charge in [0.2, 0.25) is 0 Å². The molecule has 1 aliphatic heterocycles. The largest absolute Gasteiger partial charge is 0.504 e. The molecule has 0 spiro atoms. The number of phenolic OH excluding ortho intramolecular Hbond substituents is 1. The molecule has 0 radical (unpaired) electrons. The third-order valence-electron chi connectivity index (χ3n) is 6.33. The van der Waals surface area contributed by atoms with Crippen LogP contribution in [0.25, 0.3) is 0 Å². The molecular formula is C26H26ClNO5. The van der Waals surface area contributed by atoms with E-state index in [1.54, 1.807) is 26.0 Å². The Morgan fingerprint density at radius 3 is 2.52 bits per heavy atom. The highest BCUT2D eigenvalue weighted by molar-refractivity contribution is 6.30. The molecule has 6 nitrogen and oxygen atoms in total. The Labute approximate surface area is 197 Å². The topological polar surface area (TPSA) is 85.2 Å². The summed E-state index contributed by atoms with van der Waals surface area (Å²) in [5.74, 6) is -1.51. The second-order valence-corrected chi connectivity index (χ2v) is 8.77. The van der Waals surface area contributed by atoms with Gasteiger partial charge in [0.25, 0.3) is 0 Å². The lowest BCUT2D eigenvalue weighted by Crippen LogP contribution is -2.38. The standard InChI is InChI=1S/C26H26ClNO5/c1-4-33-26(31)23-14(2)28-19-11-17(15-5-8-18(27)9-6-15)12-21(30)25(19)24(23)16-7-10-20(29)22(13-16)32-3/h5-10,13,17,23-24,29H,4,11-12H2,1-3H3/t17-,23?,24+/m0/s1. The molecule has 2 aliphatic rings. The van der Waals surface area contributed by atoms with E-state index in [0.29, 0.717) is 40.4 Å². The molecule has 0 saturated heterocycles. The number of ketones is 1. The van der Waals surface area contributed by atoms with Crippen LogP contribution in [0.15, 0.2) is 58.7 Å². The average Bonchev–Trinajstić information content (AvgIpc) is 2.79. The number of phenols is 1. The molecular weight excluding hydrogens is 442 g/mol. The van der Waals surface area contributed by atoms with Crippen molar-refractivity contribution in [2.24, 2.45) is 10.9 Å². The van der Waals surface area contributed by atoms with E-state index in [1.807, 2.05) is 24.3 Å². The fourth-order valence-corrected chi connectivity index (χ4v) is 4.94. The van der Waals surface area contributed by atoms with Gasteiger partial charge >= 0.3 is 5.97 Å². The number of Topliss-reactive ketones (excluding diaryl/α,β-unsaturated/α-hetero) is 1. The molecule has 3 atom stereocenters. The molecule has 172 valence electrons. The summed E-state index contributed by atoms with van der Waals surface area (Å²) in [7, 11) is 1.46. The summed E-state index contributed by atoms with van der Waals surface area (Å²) in [5.41, 5.74) is 3.57. The number of aromatic hydroxyl groups is 1. The highest BCUT2D eigenvalue weighted by atomic mass is 35.5. The first-order valence-electron chi connectivity index (χ1n) is 10.9. The van der Waals surface area contributed by atoms with Gasteiger partial charge in [0.1, 0.15) is 5.92 Å². The first kappa shape index (κ1) is 23.1. The maximum atomic E-state index is 13.5. The van der Waals surface area contributed by atoms with Crippen LogP contribution < -0.4 is 4.74 Å². The Bertz CT molecular complexity index is 1150. The Morgan fingerprint density at radius 1 is 1.15 bits per heavy atom. The Balaban J connectivity index is 1.82. The molecule has 0 amide bonds. The van der Waals surface area contributed by atoms with Crippen LogP contribution in [0.4, 0.5) is 0 Å². The minimum atomic E-state index is -0.728. The molecule has 1 N–H and O–H groups in total. The number of esters is 1. The molecule has 4 rings (SSSR count). The Morgan fingerprint density at radius 2 is 1.85 bits per heavy atom. The number of aliphatic imine (C=N–C) groups is 1. The van der Waals surface area contributed by atoms with Crippen molar-refractivity contribution in [1.82, 2.24) is 0 Å². The van der Waals surface area contributed by atoms with Crippen molar-refractivity contribution in [2.75, 3.05) is 13.7 Å². The lowest BCUT2D eigenvalue weighted by atomic mass is 9.69. The van der Waals surface area contributed by atoms with E-state index >= 15 is 0 Å². The number of nitrogens with zero attached hydrogens (tertiary/aromatic N) is 1. The molecule has 0 bridgehead atoms. The van der Waals surface area contributed by atoms with E-state index in [0.717, 1.165) is 5.56 Å². The van der Waals surface area contributed by atoms with E-state index in [-0.39, 0.29) is 29.8 Å². The SMILES string of the molecule is CCOC(=O)C1C(C)=NC2=C(C(=O)C[C@@H](c3ccc(Cl)cc3)C2)[C@@H]1c1ccc(O)c(OC)c1. The van der Waals surface area contributed by atoms with Crippen molar-refractivity contribution in [3.05, 3.63) is 69.9 Å². The van der Waals surface area contributed by atoms with Crippen LogP contribution >= 0.6 is 11.6 Å². The zero-order chi connectivity index (χ0) is 23.7. The summed E-state index contributed by atoms with van der Waals surface area (Å²) < 4.78 is 10.6. The minimum absolute atomic E-state index is 0.0119. The minimum Gasteiger partial charge on any atom is -0.504 e. The average molecular weight is 468 g/mol. The third kappa shape index (κ3) is 4.40. The van der Waals surface area contributed by atoms with Crippen LogP contribution in [0.3, 0.4) is 0 Å². The smallest absolute Gasteiger partial charge is 0.315 e. The lowest BCUT2D eigenvalue weighted by Gasteiger charge is -2.36. The van der Waals surface area contributed by atoms with Crippen LogP contribution in [0.5, 0.6) is 11.5 Å². The van der Waals surface area contributed by atoms with Gasteiger partial charge in [-0.1, -0.05) is 29.8 Å². The summed E-state index contributed by atoms with van der Waals surface area (Å²) in [5, 5.41) is 10.7. The Kier molecular flexibility index (Phi) is 6.56. The van der Waals surface area contributed by atoms with Gasteiger partial charge in [-0.2, -0.15) is 0 Å². The molecule has 2 aromatic carbocycles. The van der Waals surface area contributed by atoms with Gasteiger partial charge in [0.15, 0.2) is 17.3 Å². The van der Waals surface area contributed by atoms with Gasteiger partial charge in [-0.25, -0.2) is 0 Å². The van der Waals surface area contributed by atoms with Crippen LogP contribution in [-0.4, -0.2) is 36.3 Å². The van der Waals surface area contributed by atoms with Gasteiger partial charge in [-0.05, 0) is 61.6 Å². The van der Waals surface area contributed by atoms with Gasteiger partial charge in [-0.3, -0.25) is 14.6 Å². The number of hydrogen-bond acceptors (Lipinski definition) is 6. The monoisotopic (exact) mass is 467 g/mol. The highest BCUT2D eigenvalue weighted by Crippen LogP contribution is 2.47. The van der Waals surface area contributed by atoms with Crippen molar-refractivity contribution < 1.29 is 24.2 Å². The normalized spacial score (nSPS) is 22.5. The first-order valence-corrected chi connectivity index (χ1v) is 11.3. The Hall–Kier alpha value is -3.12. The van der Waals surface area contributed by atoms with Gasteiger partial charge in [-0.15, -0.1) is 0 Å². The van der Waals surface area contributed by atoms with Crippen LogP contribution in [0, 0.1) is 5.92 Å². The van der Waals surface area contributed by atoms with Gasteiger partial charge in [0.05, 0.1) is 13.7 Å². The fraction of sp³-hybridized carbons (Fsp3) is 0.346. The number of carbonyl (C=O) groups excluding carboxylic acids is 2. The van der Waals surface area contributed by atoms with E-state index in [4.69, 9.17) is 26.1 Å². The van der Waals surface area contributed by atoms with Crippen molar-refractivity contribution in [3.8, 4) is 11.5 Å². The zero-order valence-electron chi connectivity index (χ0n) is 18.8. The molecule has 0 aromatic heterocycles. The van der Waals surface area contributed by atoms with Crippen LogP contribution in [-0.2, 0) is 14.3 Å². The number of benzene rings is 2. The predicted molar refractivity (Wildman–Crippen MR) is 126 cm³/mol. The number of ether oxygens (including phenoxy) is 2. The summed E-state index contributed by atoms with van der Waals surface area (Å²) >= 11 is 6.03. The number of allylic oxidation sites excluding steroid dienone is 2. The van der Waals surface area contributed by atoms with Crippen molar-refractivity contribution >= 4 is 29.1 Å². The second-order valence-electron chi connectivity index (χ2n) is 8.33. The zero-order valence-corrected chi connectivity index (χ0v) is 19.6. The second kappa shape index (κ2) is 9.40. The summed E-state index contributed by atoms with van der Waals surface area (Å²) in [6.07, 6.45) is 0.900. The highest BCUT2D eigenvalue weighted by Gasteiger charge is 2.44. The molecule has 1 heterocycles. The maximum absolute atomic E-state index is 13.5. The summed E-state index contributed by atoms with van der Waals surface area (Å²) in [4.78, 5) is 31.3. The number of methoxy groups -OCH3 is 1. The van der Waals surface area contributed by atoms with Gasteiger partial charge in [0, 0.05) is 34.3 Å². The number of hydrogen-bond donors (Lipinski definition) is 1. The lowest BCUT2D eigenvalue weighted by molar-refractivity contribution is -0.146. The summed E-state index contributed by atoms with van der Waals surface area (Å²) in [6, 6.07) is 12.4. The van der Waals surface area contributed by atoms with E-state index in [9.17, 15) is 14.7 Å². The molecule has 2 aromatic rings. The predicted octanol–water partition coefficient (Wildman–Crippen LogP) is 5.19. The third-order valence-corrected chi connectivity index (χ3v) is 6.59. The summed E-state index contributed by atoms with van der Waals surface area (Å²) in [6.45, 7) is 3.78. The molecule has 0 fully saturated rings. The van der Waals surface area contributed by atoms with Crippen LogP contribution in [0.2, 0.25) is 5.02 Å². The first-order chi connectivity index (χ1) is 15.8. The van der Waals surface area contributed by atoms with Gasteiger partial charge < -0.3 is 14.6 Å². The van der Waals surface area contributed by atoms with Crippen molar-refractivity contribution in [2.45, 2.75) is 38.5 Å².